The first kappa shape index (κ1) is 21.9. The molecule has 2 aromatic rings. The molecule has 0 saturated heterocycles. The zero-order chi connectivity index (χ0) is 21.4. The lowest BCUT2D eigenvalue weighted by Crippen LogP contribution is -2.42. The lowest BCUT2D eigenvalue weighted by molar-refractivity contribution is -0.385. The lowest BCUT2D eigenvalue weighted by Gasteiger charge is -2.13. The van der Waals surface area contributed by atoms with E-state index in [1.54, 1.807) is 12.1 Å². The third-order valence-electron chi connectivity index (χ3n) is 3.68. The van der Waals surface area contributed by atoms with Gasteiger partial charge in [-0.05, 0) is 12.1 Å². The summed E-state index contributed by atoms with van der Waals surface area (Å²) in [5.74, 6) is -1.42. The zero-order valence-electron chi connectivity index (χ0n) is 15.6. The van der Waals surface area contributed by atoms with Crippen LogP contribution < -0.4 is 20.3 Å². The number of nitrogens with one attached hydrogen (secondary N) is 2. The highest BCUT2D eigenvalue weighted by Gasteiger charge is 2.25. The van der Waals surface area contributed by atoms with Gasteiger partial charge in [-0.25, -0.2) is 0 Å². The van der Waals surface area contributed by atoms with Gasteiger partial charge in [0.05, 0.1) is 35.3 Å². The number of nitro groups is 1. The molecule has 0 radical (unpaired) electrons. The van der Waals surface area contributed by atoms with Crippen molar-refractivity contribution < 1.29 is 28.7 Å². The summed E-state index contributed by atoms with van der Waals surface area (Å²) in [6, 6.07) is 8.43. The maximum absolute atomic E-state index is 12.5. The van der Waals surface area contributed by atoms with Crippen LogP contribution in [0.3, 0.4) is 0 Å². The highest BCUT2D eigenvalue weighted by Crippen LogP contribution is 2.34. The van der Waals surface area contributed by atoms with Gasteiger partial charge in [0.2, 0.25) is 0 Å². The Bertz CT molecular complexity index is 920. The van der Waals surface area contributed by atoms with E-state index < -0.39 is 22.4 Å². The molecule has 0 aliphatic heterocycles. The van der Waals surface area contributed by atoms with Crippen LogP contribution in [0.4, 0.5) is 5.69 Å². The van der Waals surface area contributed by atoms with Gasteiger partial charge in [0, 0.05) is 13.2 Å². The second-order valence-electron chi connectivity index (χ2n) is 5.51. The van der Waals surface area contributed by atoms with Crippen molar-refractivity contribution in [3.8, 4) is 11.5 Å². The fourth-order valence-corrected chi connectivity index (χ4v) is 2.50. The molecular formula is C18H18ClN3O7. The molecule has 10 nitrogen and oxygen atoms in total. The lowest BCUT2D eigenvalue weighted by atomic mass is 10.1. The van der Waals surface area contributed by atoms with Crippen molar-refractivity contribution in [3.63, 3.8) is 0 Å². The Kier molecular flexibility index (Phi) is 7.75. The van der Waals surface area contributed by atoms with Crippen molar-refractivity contribution in [2.24, 2.45) is 0 Å². The summed E-state index contributed by atoms with van der Waals surface area (Å²) in [6.07, 6.45) is 0. The number of hydrazine groups is 1. The van der Waals surface area contributed by atoms with Crippen LogP contribution in [0.25, 0.3) is 0 Å². The minimum atomic E-state index is -0.918. The number of carbonyl (C=O) groups is 2. The molecule has 29 heavy (non-hydrogen) atoms. The minimum absolute atomic E-state index is 0.0768. The normalized spacial score (nSPS) is 10.2. The van der Waals surface area contributed by atoms with E-state index in [0.29, 0.717) is 0 Å². The number of rotatable bonds is 8. The molecule has 0 unspecified atom stereocenters. The predicted molar refractivity (Wildman–Crippen MR) is 103 cm³/mol. The van der Waals surface area contributed by atoms with Crippen LogP contribution in [0, 0.1) is 10.1 Å². The molecule has 0 aliphatic carbocycles. The Morgan fingerprint density at radius 1 is 1.03 bits per heavy atom. The molecule has 2 rings (SSSR count). The number of hydrogen-bond donors (Lipinski definition) is 2. The van der Waals surface area contributed by atoms with E-state index in [0.717, 1.165) is 12.1 Å². The fourth-order valence-electron chi connectivity index (χ4n) is 2.28. The summed E-state index contributed by atoms with van der Waals surface area (Å²) >= 11 is 5.93. The third kappa shape index (κ3) is 5.56. The molecule has 0 aromatic heterocycles. The van der Waals surface area contributed by atoms with Crippen LogP contribution in [0.5, 0.6) is 11.5 Å². The predicted octanol–water partition coefficient (Wildman–Crippen LogP) is 2.36. The van der Waals surface area contributed by atoms with Gasteiger partial charge in [0.15, 0.2) is 11.5 Å². The Hall–Kier alpha value is -3.37. The number of hydrogen-bond acceptors (Lipinski definition) is 7. The molecular weight excluding hydrogens is 406 g/mol. The van der Waals surface area contributed by atoms with Crippen molar-refractivity contribution in [1.29, 1.82) is 0 Å². The van der Waals surface area contributed by atoms with Crippen LogP contribution in [0.15, 0.2) is 36.4 Å². The summed E-state index contributed by atoms with van der Waals surface area (Å²) < 4.78 is 15.4. The fraction of sp³-hybridized carbons (Fsp3) is 0.222. The van der Waals surface area contributed by atoms with E-state index >= 15 is 0 Å². The first-order chi connectivity index (χ1) is 13.9. The van der Waals surface area contributed by atoms with Gasteiger partial charge in [-0.2, -0.15) is 0 Å². The quantitative estimate of drug-likeness (QED) is 0.378. The standard InChI is InChI=1S/C18H18ClN3O7/c1-27-7-8-29-16-10-14(22(25)26)12(9-15(16)28-2)18(24)21-20-17(23)11-5-3-4-6-13(11)19/h3-6,9-10H,7-8H2,1-2H3,(H,20,23)(H,21,24). The van der Waals surface area contributed by atoms with Crippen LogP contribution >= 0.6 is 11.6 Å². The van der Waals surface area contributed by atoms with Crippen molar-refractivity contribution in [2.45, 2.75) is 0 Å². The number of methoxy groups -OCH3 is 2. The zero-order valence-corrected chi connectivity index (χ0v) is 16.3. The average molecular weight is 424 g/mol. The average Bonchev–Trinajstić information content (AvgIpc) is 2.71. The van der Waals surface area contributed by atoms with Gasteiger partial charge >= 0.3 is 0 Å². The topological polar surface area (TPSA) is 129 Å². The second-order valence-corrected chi connectivity index (χ2v) is 5.91. The van der Waals surface area contributed by atoms with Crippen LogP contribution in [-0.4, -0.2) is 44.2 Å². The molecule has 154 valence electrons. The molecule has 0 spiro atoms. The van der Waals surface area contributed by atoms with Gasteiger partial charge in [0.1, 0.15) is 12.2 Å². The molecule has 2 aromatic carbocycles. The van der Waals surface area contributed by atoms with Crippen molar-refractivity contribution in [1.82, 2.24) is 10.9 Å². The maximum atomic E-state index is 12.5. The number of nitrogens with zero attached hydrogens (tertiary/aromatic N) is 1. The number of amides is 2. The largest absolute Gasteiger partial charge is 0.493 e. The van der Waals surface area contributed by atoms with Gasteiger partial charge in [-0.15, -0.1) is 0 Å². The van der Waals surface area contributed by atoms with Crippen molar-refractivity contribution >= 4 is 29.1 Å². The van der Waals surface area contributed by atoms with E-state index in [4.69, 9.17) is 25.8 Å². The van der Waals surface area contributed by atoms with E-state index in [-0.39, 0.29) is 40.9 Å². The molecule has 0 aliphatic rings. The van der Waals surface area contributed by atoms with Gasteiger partial charge in [0.25, 0.3) is 17.5 Å². The van der Waals surface area contributed by atoms with Crippen molar-refractivity contribution in [2.75, 3.05) is 27.4 Å². The maximum Gasteiger partial charge on any atom is 0.286 e. The van der Waals surface area contributed by atoms with Crippen LogP contribution in [-0.2, 0) is 4.74 Å². The summed E-state index contributed by atoms with van der Waals surface area (Å²) in [5, 5.41) is 11.6. The molecule has 11 heteroatoms. The van der Waals surface area contributed by atoms with E-state index in [1.807, 2.05) is 0 Å². The number of carbonyl (C=O) groups excluding carboxylic acids is 2. The summed E-state index contributed by atoms with van der Waals surface area (Å²) in [5.41, 5.74) is 3.56. The monoisotopic (exact) mass is 423 g/mol. The third-order valence-corrected chi connectivity index (χ3v) is 4.01. The van der Waals surface area contributed by atoms with Gasteiger partial charge in [-0.1, -0.05) is 23.7 Å². The molecule has 0 fully saturated rings. The Morgan fingerprint density at radius 3 is 2.28 bits per heavy atom. The minimum Gasteiger partial charge on any atom is -0.493 e. The second kappa shape index (κ2) is 10.2. The molecule has 2 amide bonds. The Balaban J connectivity index is 2.23. The molecule has 0 atom stereocenters. The number of halogens is 1. The Morgan fingerprint density at radius 2 is 1.69 bits per heavy atom. The van der Waals surface area contributed by atoms with E-state index in [1.165, 1.54) is 26.4 Å². The first-order valence-corrected chi connectivity index (χ1v) is 8.60. The molecule has 0 bridgehead atoms. The van der Waals surface area contributed by atoms with Gasteiger partial charge in [-0.3, -0.25) is 30.6 Å². The SMILES string of the molecule is COCCOc1cc([N+](=O)[O-])c(C(=O)NNC(=O)c2ccccc2Cl)cc1OC. The summed E-state index contributed by atoms with van der Waals surface area (Å²) in [7, 11) is 2.80. The molecule has 0 saturated carbocycles. The number of benzene rings is 2. The van der Waals surface area contributed by atoms with Gasteiger partial charge < -0.3 is 14.2 Å². The molecule has 2 N–H and O–H groups in total. The van der Waals surface area contributed by atoms with Crippen LogP contribution in [0.2, 0.25) is 5.02 Å². The smallest absolute Gasteiger partial charge is 0.286 e. The molecule has 0 heterocycles. The number of ether oxygens (including phenoxy) is 3. The summed E-state index contributed by atoms with van der Waals surface area (Å²) in [6.45, 7) is 0.386. The van der Waals surface area contributed by atoms with Crippen LogP contribution in [0.1, 0.15) is 20.7 Å². The highest BCUT2D eigenvalue weighted by atomic mass is 35.5. The van der Waals surface area contributed by atoms with E-state index in [9.17, 15) is 19.7 Å². The summed E-state index contributed by atoms with van der Waals surface area (Å²) in [4.78, 5) is 35.3. The van der Waals surface area contributed by atoms with Crippen molar-refractivity contribution in [3.05, 3.63) is 62.7 Å². The number of nitro benzene ring substituents is 1. The Labute approximate surface area is 170 Å². The highest BCUT2D eigenvalue weighted by molar-refractivity contribution is 6.33. The van der Waals surface area contributed by atoms with E-state index in [2.05, 4.69) is 10.9 Å². The first-order valence-electron chi connectivity index (χ1n) is 8.22.